The molecule has 0 bridgehead atoms. The molecule has 3 N–H and O–H groups in total. The molecule has 1 aromatic carbocycles. The van der Waals surface area contributed by atoms with E-state index >= 15 is 0 Å². The molecule has 1 rings (SSSR count). The Labute approximate surface area is 118 Å². The summed E-state index contributed by atoms with van der Waals surface area (Å²) < 4.78 is 5.29. The first kappa shape index (κ1) is 16.0. The minimum atomic E-state index is -1.03. The Hall–Kier alpha value is -2.08. The summed E-state index contributed by atoms with van der Waals surface area (Å²) in [6, 6.07) is 5.74. The van der Waals surface area contributed by atoms with E-state index in [1.54, 1.807) is 12.1 Å². The van der Waals surface area contributed by atoms with Gasteiger partial charge in [-0.1, -0.05) is 13.0 Å². The molecule has 6 nitrogen and oxygen atoms in total. The molecule has 6 heteroatoms. The zero-order valence-electron chi connectivity index (χ0n) is 11.5. The number of anilines is 1. The highest BCUT2D eigenvalue weighted by Gasteiger charge is 2.05. The lowest BCUT2D eigenvalue weighted by Gasteiger charge is -2.08. The highest BCUT2D eigenvalue weighted by Crippen LogP contribution is 2.10. The average molecular weight is 280 g/mol. The monoisotopic (exact) mass is 280 g/mol. The zero-order valence-corrected chi connectivity index (χ0v) is 11.5. The second-order valence-electron chi connectivity index (χ2n) is 4.23. The maximum atomic E-state index is 11.6. The molecule has 0 aromatic heterocycles. The van der Waals surface area contributed by atoms with E-state index in [1.165, 1.54) is 12.1 Å². The number of amides is 2. The van der Waals surface area contributed by atoms with Crippen LogP contribution < -0.4 is 10.6 Å². The average Bonchev–Trinajstić information content (AvgIpc) is 2.43. The third-order valence-electron chi connectivity index (χ3n) is 2.47. The number of carbonyl (C=O) groups excluding carboxylic acids is 1. The van der Waals surface area contributed by atoms with Crippen LogP contribution in [0.2, 0.25) is 0 Å². The first-order chi connectivity index (χ1) is 9.63. The maximum Gasteiger partial charge on any atom is 0.335 e. The molecule has 110 valence electrons. The van der Waals surface area contributed by atoms with E-state index in [9.17, 15) is 9.59 Å². The van der Waals surface area contributed by atoms with Gasteiger partial charge in [0.15, 0.2) is 0 Å². The van der Waals surface area contributed by atoms with Crippen LogP contribution in [-0.2, 0) is 4.74 Å². The van der Waals surface area contributed by atoms with Crippen LogP contribution in [0.1, 0.15) is 30.1 Å². The number of hydrogen-bond acceptors (Lipinski definition) is 3. The maximum absolute atomic E-state index is 11.6. The van der Waals surface area contributed by atoms with Gasteiger partial charge >= 0.3 is 12.0 Å². The molecule has 0 radical (unpaired) electrons. The molecule has 0 aliphatic heterocycles. The molecule has 0 spiro atoms. The van der Waals surface area contributed by atoms with E-state index in [2.05, 4.69) is 10.6 Å². The third-order valence-corrected chi connectivity index (χ3v) is 2.47. The Kier molecular flexibility index (Phi) is 7.13. The molecule has 0 atom stereocenters. The van der Waals surface area contributed by atoms with E-state index in [0.717, 1.165) is 19.4 Å². The number of hydrogen-bond donors (Lipinski definition) is 3. The number of carboxylic acids is 1. The Morgan fingerprint density at radius 2 is 2.10 bits per heavy atom. The number of carboxylic acid groups (broad SMARTS) is 1. The molecule has 0 aliphatic carbocycles. The van der Waals surface area contributed by atoms with Crippen molar-refractivity contribution in [1.82, 2.24) is 5.32 Å². The molecule has 2 amide bonds. The van der Waals surface area contributed by atoms with Crippen molar-refractivity contribution >= 4 is 17.7 Å². The van der Waals surface area contributed by atoms with Crippen molar-refractivity contribution in [2.45, 2.75) is 19.8 Å². The van der Waals surface area contributed by atoms with Gasteiger partial charge in [-0.05, 0) is 31.0 Å². The van der Waals surface area contributed by atoms with Gasteiger partial charge in [-0.15, -0.1) is 0 Å². The van der Waals surface area contributed by atoms with Gasteiger partial charge in [-0.3, -0.25) is 0 Å². The molecule has 0 heterocycles. The van der Waals surface area contributed by atoms with Crippen LogP contribution in [0.5, 0.6) is 0 Å². The Morgan fingerprint density at radius 3 is 2.80 bits per heavy atom. The molecule has 0 fully saturated rings. The van der Waals surface area contributed by atoms with Gasteiger partial charge in [0.25, 0.3) is 0 Å². The molecule has 0 aliphatic rings. The SMILES string of the molecule is CCCOCCCNC(=O)Nc1cccc(C(=O)O)c1. The summed E-state index contributed by atoms with van der Waals surface area (Å²) in [6.45, 7) is 3.89. The van der Waals surface area contributed by atoms with Crippen LogP contribution in [0.25, 0.3) is 0 Å². The van der Waals surface area contributed by atoms with Crippen LogP contribution in [-0.4, -0.2) is 36.9 Å². The van der Waals surface area contributed by atoms with E-state index < -0.39 is 5.97 Å². The number of nitrogens with one attached hydrogen (secondary N) is 2. The second kappa shape index (κ2) is 8.92. The summed E-state index contributed by atoms with van der Waals surface area (Å²) in [4.78, 5) is 22.4. The summed E-state index contributed by atoms with van der Waals surface area (Å²) in [6.07, 6.45) is 1.72. The van der Waals surface area contributed by atoms with Crippen molar-refractivity contribution in [3.63, 3.8) is 0 Å². The van der Waals surface area contributed by atoms with Gasteiger partial charge < -0.3 is 20.5 Å². The number of carbonyl (C=O) groups is 2. The van der Waals surface area contributed by atoms with Gasteiger partial charge in [-0.25, -0.2) is 9.59 Å². The van der Waals surface area contributed by atoms with Gasteiger partial charge in [0.2, 0.25) is 0 Å². The highest BCUT2D eigenvalue weighted by atomic mass is 16.5. The van der Waals surface area contributed by atoms with Gasteiger partial charge in [-0.2, -0.15) is 0 Å². The molecule has 20 heavy (non-hydrogen) atoms. The predicted molar refractivity (Wildman–Crippen MR) is 76.1 cm³/mol. The fourth-order valence-corrected chi connectivity index (χ4v) is 1.53. The lowest BCUT2D eigenvalue weighted by atomic mass is 10.2. The van der Waals surface area contributed by atoms with Gasteiger partial charge in [0.1, 0.15) is 0 Å². The first-order valence-electron chi connectivity index (χ1n) is 6.59. The molecular weight excluding hydrogens is 260 g/mol. The van der Waals surface area contributed by atoms with Gasteiger partial charge in [0, 0.05) is 25.4 Å². The largest absolute Gasteiger partial charge is 0.478 e. The van der Waals surface area contributed by atoms with Crippen molar-refractivity contribution in [1.29, 1.82) is 0 Å². The zero-order chi connectivity index (χ0) is 14.8. The van der Waals surface area contributed by atoms with Crippen LogP contribution >= 0.6 is 0 Å². The highest BCUT2D eigenvalue weighted by molar-refractivity contribution is 5.93. The van der Waals surface area contributed by atoms with Crippen molar-refractivity contribution in [3.8, 4) is 0 Å². The minimum absolute atomic E-state index is 0.135. The van der Waals surface area contributed by atoms with Crippen LogP contribution in [0, 0.1) is 0 Å². The summed E-state index contributed by atoms with van der Waals surface area (Å²) in [5, 5.41) is 14.1. The van der Waals surface area contributed by atoms with Crippen LogP contribution in [0.4, 0.5) is 10.5 Å². The number of aromatic carboxylic acids is 1. The standard InChI is InChI=1S/C14H20N2O4/c1-2-8-20-9-4-7-15-14(19)16-12-6-3-5-11(10-12)13(17)18/h3,5-6,10H,2,4,7-9H2,1H3,(H,17,18)(H2,15,16,19). The fraction of sp³-hybridized carbons (Fsp3) is 0.429. The van der Waals surface area contributed by atoms with Crippen molar-refractivity contribution in [3.05, 3.63) is 29.8 Å². The molecule has 0 saturated heterocycles. The fourth-order valence-electron chi connectivity index (χ4n) is 1.53. The quantitative estimate of drug-likeness (QED) is 0.638. The summed E-state index contributed by atoms with van der Waals surface area (Å²) in [5.41, 5.74) is 0.584. The van der Waals surface area contributed by atoms with E-state index in [1.807, 2.05) is 6.92 Å². The second-order valence-corrected chi connectivity index (χ2v) is 4.23. The summed E-state index contributed by atoms with van der Waals surface area (Å²) >= 11 is 0. The minimum Gasteiger partial charge on any atom is -0.478 e. The normalized spacial score (nSPS) is 10.1. The Morgan fingerprint density at radius 1 is 1.30 bits per heavy atom. The molecule has 0 saturated carbocycles. The smallest absolute Gasteiger partial charge is 0.335 e. The Bertz CT molecular complexity index is 449. The van der Waals surface area contributed by atoms with Crippen LogP contribution in [0.3, 0.4) is 0 Å². The number of benzene rings is 1. The number of urea groups is 1. The van der Waals surface area contributed by atoms with Crippen molar-refractivity contribution < 1.29 is 19.4 Å². The van der Waals surface area contributed by atoms with Gasteiger partial charge in [0.05, 0.1) is 5.56 Å². The lowest BCUT2D eigenvalue weighted by molar-refractivity contribution is 0.0697. The van der Waals surface area contributed by atoms with E-state index in [-0.39, 0.29) is 11.6 Å². The van der Waals surface area contributed by atoms with E-state index in [4.69, 9.17) is 9.84 Å². The Balaban J connectivity index is 2.28. The van der Waals surface area contributed by atoms with Crippen molar-refractivity contribution in [2.24, 2.45) is 0 Å². The first-order valence-corrected chi connectivity index (χ1v) is 6.59. The van der Waals surface area contributed by atoms with E-state index in [0.29, 0.717) is 18.8 Å². The van der Waals surface area contributed by atoms with Crippen molar-refractivity contribution in [2.75, 3.05) is 25.1 Å². The topological polar surface area (TPSA) is 87.7 Å². The molecule has 0 unspecified atom stereocenters. The lowest BCUT2D eigenvalue weighted by Crippen LogP contribution is -2.30. The molecule has 1 aromatic rings. The summed E-state index contributed by atoms with van der Waals surface area (Å²) in [5.74, 6) is -1.03. The molecular formula is C14H20N2O4. The number of ether oxygens (including phenoxy) is 1. The van der Waals surface area contributed by atoms with Crippen LogP contribution in [0.15, 0.2) is 24.3 Å². The predicted octanol–water partition coefficient (Wildman–Crippen LogP) is 2.32. The third kappa shape index (κ3) is 6.19. The number of rotatable bonds is 8. The summed E-state index contributed by atoms with van der Waals surface area (Å²) in [7, 11) is 0.